The molecule has 0 aliphatic carbocycles. The summed E-state index contributed by atoms with van der Waals surface area (Å²) in [5.41, 5.74) is 4.72. The van der Waals surface area contributed by atoms with E-state index >= 15 is 0 Å². The fourth-order valence-corrected chi connectivity index (χ4v) is 4.67. The summed E-state index contributed by atoms with van der Waals surface area (Å²) in [6.45, 7) is 9.20. The zero-order valence-corrected chi connectivity index (χ0v) is 26.1. The van der Waals surface area contributed by atoms with Gasteiger partial charge in [-0.05, 0) is 82.1 Å². The van der Waals surface area contributed by atoms with Crippen LogP contribution in [0.5, 0.6) is 0 Å². The molecule has 2 aromatic heterocycles. The molecule has 3 N–H and O–H groups in total. The highest BCUT2D eigenvalue weighted by molar-refractivity contribution is 5.95. The van der Waals surface area contributed by atoms with E-state index in [1.165, 1.54) is 6.07 Å². The molecule has 0 saturated heterocycles. The van der Waals surface area contributed by atoms with Gasteiger partial charge in [0.15, 0.2) is 5.76 Å². The maximum Gasteiger partial charge on any atom is 0.412 e. The zero-order chi connectivity index (χ0) is 33.0. The number of nitrogens with zero attached hydrogens (tertiary/aromatic N) is 2. The number of aromatic nitrogens is 2. The monoisotopic (exact) mass is 622 g/mol. The van der Waals surface area contributed by atoms with Crippen LogP contribution in [0.2, 0.25) is 0 Å². The first-order chi connectivity index (χ1) is 21.8. The summed E-state index contributed by atoms with van der Waals surface area (Å²) in [5.74, 6) is -0.599. The maximum absolute atomic E-state index is 12.9. The van der Waals surface area contributed by atoms with Gasteiger partial charge in [-0.1, -0.05) is 53.2 Å². The van der Waals surface area contributed by atoms with Crippen LogP contribution in [0.25, 0.3) is 34.2 Å². The molecule has 0 spiro atoms. The lowest BCUT2D eigenvalue weighted by molar-refractivity contribution is -0.139. The molecule has 5 rings (SSSR count). The number of nitrogens with one attached hydrogen (secondary N) is 2. The number of benzene rings is 3. The van der Waals surface area contributed by atoms with E-state index < -0.39 is 29.6 Å². The molecule has 0 bridgehead atoms. The Hall–Kier alpha value is -5.71. The summed E-state index contributed by atoms with van der Waals surface area (Å²) in [4.78, 5) is 41.5. The van der Waals surface area contributed by atoms with Crippen molar-refractivity contribution in [2.75, 3.05) is 5.32 Å². The summed E-state index contributed by atoms with van der Waals surface area (Å²) in [6, 6.07) is 22.0. The van der Waals surface area contributed by atoms with Gasteiger partial charge in [0.2, 0.25) is 5.82 Å². The van der Waals surface area contributed by atoms with Crippen molar-refractivity contribution in [2.24, 2.45) is 0 Å². The average Bonchev–Trinajstić information content (AvgIpc) is 3.68. The fourth-order valence-electron chi connectivity index (χ4n) is 4.67. The Morgan fingerprint density at radius 3 is 2.26 bits per heavy atom. The van der Waals surface area contributed by atoms with E-state index in [4.69, 9.17) is 13.7 Å². The molecule has 0 unspecified atom stereocenters. The van der Waals surface area contributed by atoms with E-state index in [-0.39, 0.29) is 12.2 Å². The molecule has 3 aromatic carbocycles. The van der Waals surface area contributed by atoms with Crippen molar-refractivity contribution in [3.63, 3.8) is 0 Å². The van der Waals surface area contributed by atoms with Crippen molar-refractivity contribution >= 4 is 23.7 Å². The van der Waals surface area contributed by atoms with Crippen molar-refractivity contribution in [2.45, 2.75) is 52.7 Å². The average molecular weight is 623 g/mol. The fraction of sp³-hybridized carbons (Fsp3) is 0.229. The number of aryl methyl sites for hydroxylation is 2. The topological polar surface area (TPSA) is 157 Å². The summed E-state index contributed by atoms with van der Waals surface area (Å²) in [7, 11) is 0. The summed E-state index contributed by atoms with van der Waals surface area (Å²) in [5, 5.41) is 19.2. The first kappa shape index (κ1) is 31.7. The highest BCUT2D eigenvalue weighted by Crippen LogP contribution is 2.27. The van der Waals surface area contributed by atoms with Crippen LogP contribution >= 0.6 is 0 Å². The predicted octanol–water partition coefficient (Wildman–Crippen LogP) is 7.05. The summed E-state index contributed by atoms with van der Waals surface area (Å²) < 4.78 is 16.5. The minimum atomic E-state index is -1.18. The standard InChI is InChI=1S/C35H34N4O7/c1-20-6-9-23(10-7-20)28-16-17-29(44-28)31(40)37-27(33(41)42)19-22-8-15-26(21(2)18-22)30-38-32(46-39-30)24-11-13-25(14-12-24)36-34(43)45-35(3,4)5/h6-18,27H,19H2,1-5H3,(H,36,43)(H,37,40)(H,41,42)/t27-/m1/s1. The maximum atomic E-state index is 12.9. The Labute approximate surface area is 265 Å². The van der Waals surface area contributed by atoms with Gasteiger partial charge >= 0.3 is 12.1 Å². The van der Waals surface area contributed by atoms with E-state index in [0.717, 1.165) is 16.7 Å². The van der Waals surface area contributed by atoms with Crippen LogP contribution in [0.4, 0.5) is 10.5 Å². The largest absolute Gasteiger partial charge is 0.480 e. The zero-order valence-electron chi connectivity index (χ0n) is 26.1. The molecule has 0 fully saturated rings. The van der Waals surface area contributed by atoms with Crippen LogP contribution in [-0.2, 0) is 16.0 Å². The third-order valence-electron chi connectivity index (χ3n) is 6.94. The molecule has 2 heterocycles. The Morgan fingerprint density at radius 2 is 1.61 bits per heavy atom. The number of carbonyl (C=O) groups is 3. The van der Waals surface area contributed by atoms with Crippen molar-refractivity contribution in [3.8, 4) is 34.2 Å². The number of hydrogen-bond donors (Lipinski definition) is 3. The van der Waals surface area contributed by atoms with Crippen LogP contribution in [0.3, 0.4) is 0 Å². The van der Waals surface area contributed by atoms with Crippen molar-refractivity contribution in [3.05, 3.63) is 101 Å². The van der Waals surface area contributed by atoms with Crippen LogP contribution in [0.15, 0.2) is 87.8 Å². The first-order valence-corrected chi connectivity index (χ1v) is 14.6. The van der Waals surface area contributed by atoms with Gasteiger partial charge in [-0.15, -0.1) is 0 Å². The quantitative estimate of drug-likeness (QED) is 0.157. The molecule has 5 aromatic rings. The minimum absolute atomic E-state index is 0.0233. The van der Waals surface area contributed by atoms with Gasteiger partial charge in [0.25, 0.3) is 11.8 Å². The van der Waals surface area contributed by atoms with E-state index in [1.54, 1.807) is 63.2 Å². The van der Waals surface area contributed by atoms with Gasteiger partial charge in [0, 0.05) is 28.8 Å². The number of rotatable bonds is 9. The molecule has 2 amide bonds. The minimum Gasteiger partial charge on any atom is -0.480 e. The number of carboxylic acids is 1. The Morgan fingerprint density at radius 1 is 0.913 bits per heavy atom. The van der Waals surface area contributed by atoms with Crippen LogP contribution in [0.1, 0.15) is 48.0 Å². The Balaban J connectivity index is 1.23. The SMILES string of the molecule is Cc1ccc(-c2ccc(C(=O)N[C@H](Cc3ccc(-c4noc(-c5ccc(NC(=O)OC(C)(C)C)cc5)n4)c(C)c3)C(=O)O)o2)cc1. The number of amides is 2. The summed E-state index contributed by atoms with van der Waals surface area (Å²) in [6.07, 6.45) is -0.504. The number of ether oxygens (including phenoxy) is 1. The molecule has 0 saturated carbocycles. The van der Waals surface area contributed by atoms with Gasteiger partial charge < -0.3 is 24.1 Å². The van der Waals surface area contributed by atoms with Gasteiger partial charge in [-0.25, -0.2) is 9.59 Å². The third-order valence-corrected chi connectivity index (χ3v) is 6.94. The third kappa shape index (κ3) is 7.86. The lowest BCUT2D eigenvalue weighted by atomic mass is 9.99. The Kier molecular flexibility index (Phi) is 9.04. The number of hydrogen-bond acceptors (Lipinski definition) is 8. The van der Waals surface area contributed by atoms with E-state index in [1.807, 2.05) is 44.2 Å². The van der Waals surface area contributed by atoms with E-state index in [0.29, 0.717) is 39.9 Å². The normalized spacial score (nSPS) is 11.9. The van der Waals surface area contributed by atoms with Crippen LogP contribution < -0.4 is 10.6 Å². The number of carbonyl (C=O) groups excluding carboxylic acids is 2. The van der Waals surface area contributed by atoms with Crippen molar-refractivity contribution in [1.82, 2.24) is 15.5 Å². The molecule has 1 atom stereocenters. The van der Waals surface area contributed by atoms with Gasteiger partial charge in [-0.3, -0.25) is 10.1 Å². The molecule has 0 radical (unpaired) electrons. The number of aliphatic carboxylic acids is 1. The predicted molar refractivity (Wildman–Crippen MR) is 171 cm³/mol. The smallest absolute Gasteiger partial charge is 0.412 e. The molecule has 11 heteroatoms. The van der Waals surface area contributed by atoms with Crippen molar-refractivity contribution in [1.29, 1.82) is 0 Å². The Bertz CT molecular complexity index is 1870. The molecule has 236 valence electrons. The highest BCUT2D eigenvalue weighted by Gasteiger charge is 2.24. The lowest BCUT2D eigenvalue weighted by Gasteiger charge is -2.19. The second-order valence-corrected chi connectivity index (χ2v) is 11.9. The lowest BCUT2D eigenvalue weighted by Crippen LogP contribution is -2.42. The number of anilines is 1. The molecule has 46 heavy (non-hydrogen) atoms. The molecular weight excluding hydrogens is 588 g/mol. The van der Waals surface area contributed by atoms with Crippen LogP contribution in [-0.4, -0.2) is 44.9 Å². The highest BCUT2D eigenvalue weighted by atomic mass is 16.6. The van der Waals surface area contributed by atoms with Gasteiger partial charge in [-0.2, -0.15) is 4.98 Å². The molecule has 0 aliphatic rings. The number of furan rings is 1. The second-order valence-electron chi connectivity index (χ2n) is 11.9. The van der Waals surface area contributed by atoms with Gasteiger partial charge in [0.1, 0.15) is 17.4 Å². The van der Waals surface area contributed by atoms with Gasteiger partial charge in [0.05, 0.1) is 0 Å². The number of carboxylic acid groups (broad SMARTS) is 1. The van der Waals surface area contributed by atoms with Crippen LogP contribution in [0, 0.1) is 13.8 Å². The molecule has 0 aliphatic heterocycles. The van der Waals surface area contributed by atoms with E-state index in [9.17, 15) is 19.5 Å². The molecular formula is C35H34N4O7. The van der Waals surface area contributed by atoms with Crippen molar-refractivity contribution < 1.29 is 33.2 Å². The van der Waals surface area contributed by atoms with E-state index in [2.05, 4.69) is 20.8 Å². The second kappa shape index (κ2) is 13.1. The molecule has 11 nitrogen and oxygen atoms in total. The summed E-state index contributed by atoms with van der Waals surface area (Å²) >= 11 is 0. The first-order valence-electron chi connectivity index (χ1n) is 14.6.